The quantitative estimate of drug-likeness (QED) is 0.590. The van der Waals surface area contributed by atoms with Crippen molar-refractivity contribution in [2.24, 2.45) is 0 Å². The molecule has 0 aromatic heterocycles. The summed E-state index contributed by atoms with van der Waals surface area (Å²) in [4.78, 5) is 2.69. The molecular weight excluding hydrogens is 428 g/mol. The monoisotopic (exact) mass is 450 g/mol. The Bertz CT molecular complexity index is 124. The summed E-state index contributed by atoms with van der Waals surface area (Å²) in [5.41, 5.74) is 0. The van der Waals surface area contributed by atoms with Crippen molar-refractivity contribution in [1.82, 2.24) is 11.1 Å². The topological polar surface area (TPSA) is 52.3 Å². The molecular formula is C10H23Cl2N3Pt. The van der Waals surface area contributed by atoms with Gasteiger partial charge < -0.3 is 28.8 Å². The van der Waals surface area contributed by atoms with E-state index in [0.29, 0.717) is 0 Å². The van der Waals surface area contributed by atoms with Crippen LogP contribution in [0.3, 0.4) is 0 Å². The van der Waals surface area contributed by atoms with E-state index in [-0.39, 0.29) is 52.0 Å². The molecule has 0 spiro atoms. The van der Waals surface area contributed by atoms with Gasteiger partial charge in [-0.25, -0.2) is 0 Å². The first-order valence-corrected chi connectivity index (χ1v) is 5.34. The third-order valence-electron chi connectivity index (χ3n) is 3.15. The molecule has 2 rings (SSSR count). The zero-order valence-corrected chi connectivity index (χ0v) is 13.5. The van der Waals surface area contributed by atoms with Crippen LogP contribution >= 0.6 is 12.4 Å². The van der Waals surface area contributed by atoms with E-state index in [2.05, 4.69) is 10.2 Å². The number of piperidine rings is 2. The number of hydrogen-bond donors (Lipinski definition) is 1. The molecule has 0 atom stereocenters. The number of halogens is 2. The third kappa shape index (κ3) is 6.78. The maximum absolute atomic E-state index is 4.40. The van der Waals surface area contributed by atoms with Crippen LogP contribution in [0.1, 0.15) is 32.1 Å². The zero-order chi connectivity index (χ0) is 8.23. The van der Waals surface area contributed by atoms with Crippen LogP contribution in [0.25, 0.3) is 5.32 Å². The van der Waals surface area contributed by atoms with Gasteiger partial charge in [-0.15, -0.1) is 25.5 Å². The van der Waals surface area contributed by atoms with E-state index in [0.717, 1.165) is 19.1 Å². The molecule has 6 heteroatoms. The van der Waals surface area contributed by atoms with Crippen LogP contribution in [0.5, 0.6) is 0 Å². The van der Waals surface area contributed by atoms with Crippen molar-refractivity contribution in [3.63, 3.8) is 0 Å². The second kappa shape index (κ2) is 12.6. The average molecular weight is 451 g/mol. The number of likely N-dealkylation sites (tertiary alicyclic amines) is 1. The summed E-state index contributed by atoms with van der Waals surface area (Å²) < 4.78 is 0. The van der Waals surface area contributed by atoms with Gasteiger partial charge in [-0.1, -0.05) is 19.3 Å². The minimum absolute atomic E-state index is 0. The standard InChI is InChI=1S/C10H19N2.2ClH.H3N.Pt/c1-2-8-12(9-3-1)10-4-6-11-7-5-10;;;;/h10H,1-9H2;2*1H;1H3;/q-1;;;;+2/p-1. The molecule has 3 N–H and O–H groups in total. The molecule has 3 nitrogen and oxygen atoms in total. The molecule has 0 saturated carbocycles. The molecule has 2 aliphatic heterocycles. The fourth-order valence-corrected chi connectivity index (χ4v) is 2.39. The molecule has 102 valence electrons. The van der Waals surface area contributed by atoms with Gasteiger partial charge in [0.1, 0.15) is 0 Å². The van der Waals surface area contributed by atoms with Crippen LogP contribution in [0, 0.1) is 0 Å². The van der Waals surface area contributed by atoms with Gasteiger partial charge in [-0.3, -0.25) is 0 Å². The van der Waals surface area contributed by atoms with E-state index in [1.54, 1.807) is 0 Å². The first-order chi connectivity index (χ1) is 5.97. The van der Waals surface area contributed by atoms with Crippen LogP contribution < -0.4 is 18.6 Å². The van der Waals surface area contributed by atoms with E-state index < -0.39 is 0 Å². The molecule has 0 aromatic rings. The van der Waals surface area contributed by atoms with Crippen LogP contribution in [-0.2, 0) is 21.1 Å². The van der Waals surface area contributed by atoms with E-state index >= 15 is 0 Å². The summed E-state index contributed by atoms with van der Waals surface area (Å²) in [7, 11) is 0. The second-order valence-corrected chi connectivity index (χ2v) is 4.00. The van der Waals surface area contributed by atoms with Crippen molar-refractivity contribution >= 4 is 12.4 Å². The molecule has 2 heterocycles. The van der Waals surface area contributed by atoms with Crippen LogP contribution in [0.15, 0.2) is 0 Å². The Labute approximate surface area is 126 Å². The SMILES string of the molecule is C1CCN(C2CC[N-]CC2)CC1.Cl.N.[Cl-].[Pt+2]. The maximum Gasteiger partial charge on any atom is 2.00 e. The molecule has 16 heavy (non-hydrogen) atoms. The second-order valence-electron chi connectivity index (χ2n) is 4.00. The largest absolute Gasteiger partial charge is 2.00 e. The number of rotatable bonds is 1. The molecule has 0 radical (unpaired) electrons. The van der Waals surface area contributed by atoms with E-state index in [1.165, 1.54) is 45.2 Å². The van der Waals surface area contributed by atoms with Crippen LogP contribution in [-0.4, -0.2) is 37.1 Å². The van der Waals surface area contributed by atoms with Crippen molar-refractivity contribution in [2.75, 3.05) is 26.2 Å². The Balaban J connectivity index is -0.000000422. The Hall–Kier alpha value is 1.15. The molecule has 0 aromatic carbocycles. The molecule has 0 amide bonds. The Morgan fingerprint density at radius 1 is 0.938 bits per heavy atom. The summed E-state index contributed by atoms with van der Waals surface area (Å²) in [5, 5.41) is 4.40. The average Bonchev–Trinajstić information content (AvgIpc) is 2.21. The molecule has 2 aliphatic rings. The Kier molecular flexibility index (Phi) is 17.6. The first-order valence-electron chi connectivity index (χ1n) is 5.34. The van der Waals surface area contributed by atoms with Gasteiger partial charge in [0.2, 0.25) is 0 Å². The Morgan fingerprint density at radius 3 is 1.94 bits per heavy atom. The molecule has 0 bridgehead atoms. The van der Waals surface area contributed by atoms with Crippen molar-refractivity contribution in [1.29, 1.82) is 0 Å². The van der Waals surface area contributed by atoms with Gasteiger partial charge in [0.15, 0.2) is 0 Å². The fraction of sp³-hybridized carbons (Fsp3) is 1.00. The van der Waals surface area contributed by atoms with Crippen LogP contribution in [0.4, 0.5) is 0 Å². The van der Waals surface area contributed by atoms with E-state index in [1.807, 2.05) is 0 Å². The molecule has 0 aliphatic carbocycles. The third-order valence-corrected chi connectivity index (χ3v) is 3.15. The summed E-state index contributed by atoms with van der Waals surface area (Å²) in [6.45, 7) is 4.93. The molecule has 2 saturated heterocycles. The predicted octanol–water partition coefficient (Wildman–Crippen LogP) is -0.406. The van der Waals surface area contributed by atoms with Gasteiger partial charge in [0, 0.05) is 6.04 Å². The minimum atomic E-state index is 0. The molecule has 2 fully saturated rings. The number of hydrogen-bond acceptors (Lipinski definition) is 2. The van der Waals surface area contributed by atoms with Gasteiger partial charge in [0.05, 0.1) is 0 Å². The first kappa shape index (κ1) is 22.3. The molecule has 0 unspecified atom stereocenters. The maximum atomic E-state index is 4.40. The van der Waals surface area contributed by atoms with Gasteiger partial charge in [0.25, 0.3) is 0 Å². The Morgan fingerprint density at radius 2 is 1.44 bits per heavy atom. The van der Waals surface area contributed by atoms with Gasteiger partial charge in [-0.05, 0) is 25.9 Å². The fourth-order valence-electron chi connectivity index (χ4n) is 2.39. The van der Waals surface area contributed by atoms with E-state index in [4.69, 9.17) is 0 Å². The minimum Gasteiger partial charge on any atom is -1.00 e. The van der Waals surface area contributed by atoms with Crippen molar-refractivity contribution < 1.29 is 33.5 Å². The summed E-state index contributed by atoms with van der Waals surface area (Å²) in [6, 6.07) is 0.878. The smallest absolute Gasteiger partial charge is 1.00 e. The van der Waals surface area contributed by atoms with Gasteiger partial charge in [-0.2, -0.15) is 0 Å². The van der Waals surface area contributed by atoms with Crippen LogP contribution in [0.2, 0.25) is 0 Å². The van der Waals surface area contributed by atoms with E-state index in [9.17, 15) is 0 Å². The normalized spacial score (nSPS) is 21.8. The summed E-state index contributed by atoms with van der Waals surface area (Å²) >= 11 is 0. The summed E-state index contributed by atoms with van der Waals surface area (Å²) in [6.07, 6.45) is 6.94. The predicted molar refractivity (Wildman–Crippen MR) is 63.8 cm³/mol. The zero-order valence-electron chi connectivity index (χ0n) is 9.65. The van der Waals surface area contributed by atoms with Crippen molar-refractivity contribution in [3.8, 4) is 0 Å². The summed E-state index contributed by atoms with van der Waals surface area (Å²) in [5.74, 6) is 0. The van der Waals surface area contributed by atoms with Gasteiger partial charge >= 0.3 is 21.1 Å². The van der Waals surface area contributed by atoms with Crippen molar-refractivity contribution in [2.45, 2.75) is 38.1 Å². The van der Waals surface area contributed by atoms with Crippen molar-refractivity contribution in [3.05, 3.63) is 5.32 Å². The number of nitrogens with zero attached hydrogens (tertiary/aromatic N) is 2.